The van der Waals surface area contributed by atoms with Gasteiger partial charge in [0.05, 0.1) is 18.6 Å². The number of rotatable bonds is 26. The molecule has 0 spiro atoms. The summed E-state index contributed by atoms with van der Waals surface area (Å²) >= 11 is 0. The highest BCUT2D eigenvalue weighted by Crippen LogP contribution is 2.44. The van der Waals surface area contributed by atoms with E-state index in [1.165, 1.54) is 4.90 Å². The van der Waals surface area contributed by atoms with Crippen LogP contribution < -0.4 is 16.0 Å². The van der Waals surface area contributed by atoms with Gasteiger partial charge in [0.15, 0.2) is 0 Å². The Kier molecular flexibility index (Phi) is 19.6. The molecule has 13 heteroatoms. The average molecular weight is 873 g/mol. The lowest BCUT2D eigenvalue weighted by atomic mass is 9.98. The van der Waals surface area contributed by atoms with Crippen molar-refractivity contribution in [3.63, 3.8) is 0 Å². The number of allylic oxidation sites excluding steroid dienone is 2. The first kappa shape index (κ1) is 48.3. The van der Waals surface area contributed by atoms with Crippen LogP contribution in [0.5, 0.6) is 0 Å². The summed E-state index contributed by atoms with van der Waals surface area (Å²) < 4.78 is 16.8. The molecule has 3 atom stereocenters. The molecular weight excluding hydrogens is 813 g/mol. The van der Waals surface area contributed by atoms with Crippen molar-refractivity contribution in [1.82, 2.24) is 20.9 Å². The topological polar surface area (TPSA) is 173 Å². The molecule has 0 aliphatic heterocycles. The van der Waals surface area contributed by atoms with Crippen molar-refractivity contribution in [2.45, 2.75) is 76.1 Å². The second-order valence-corrected chi connectivity index (χ2v) is 15.7. The van der Waals surface area contributed by atoms with E-state index < -0.39 is 42.1 Å². The van der Waals surface area contributed by atoms with E-state index >= 15 is 0 Å². The lowest BCUT2D eigenvalue weighted by Crippen LogP contribution is -2.46. The molecule has 338 valence electrons. The van der Waals surface area contributed by atoms with Crippen molar-refractivity contribution in [3.05, 3.63) is 157 Å². The van der Waals surface area contributed by atoms with Crippen LogP contribution in [0, 0.1) is 5.92 Å². The molecule has 4 N–H and O–H groups in total. The van der Waals surface area contributed by atoms with E-state index in [0.717, 1.165) is 33.4 Å². The van der Waals surface area contributed by atoms with Crippen molar-refractivity contribution < 1.29 is 43.3 Å². The SMILES string of the molecule is C=CCC[C@H](NC(=O)OCC1c2ccccc2-c2ccccc21)C(=O)OC[C@H](CCCCNC(=O)OCc1ccccc1)NC(=O)[C@@H](CC=C)CC(=O)N(CCO)Cc1ccccc1. The Hall–Kier alpha value is -6.73. The van der Waals surface area contributed by atoms with Crippen LogP contribution in [0.2, 0.25) is 0 Å². The van der Waals surface area contributed by atoms with Crippen LogP contribution in [0.4, 0.5) is 9.59 Å². The van der Waals surface area contributed by atoms with Crippen molar-refractivity contribution in [2.24, 2.45) is 5.92 Å². The van der Waals surface area contributed by atoms with E-state index in [2.05, 4.69) is 29.1 Å². The fourth-order valence-electron chi connectivity index (χ4n) is 7.64. The molecule has 13 nitrogen and oxygen atoms in total. The van der Waals surface area contributed by atoms with Gasteiger partial charge >= 0.3 is 18.2 Å². The first-order chi connectivity index (χ1) is 31.2. The molecule has 0 aromatic heterocycles. The summed E-state index contributed by atoms with van der Waals surface area (Å²) in [6.45, 7) is 7.96. The van der Waals surface area contributed by atoms with E-state index in [1.54, 1.807) is 12.2 Å². The number of esters is 1. The van der Waals surface area contributed by atoms with Crippen LogP contribution >= 0.6 is 0 Å². The van der Waals surface area contributed by atoms with Crippen LogP contribution in [0.1, 0.15) is 73.1 Å². The fourth-order valence-corrected chi connectivity index (χ4v) is 7.64. The number of aliphatic hydroxyl groups is 1. The summed E-state index contributed by atoms with van der Waals surface area (Å²) in [7, 11) is 0. The Morgan fingerprint density at radius 2 is 1.36 bits per heavy atom. The zero-order chi connectivity index (χ0) is 45.5. The number of hydrogen-bond donors (Lipinski definition) is 4. The standard InChI is InChI=1S/C51H60N4O9/c1-3-5-28-46(54-51(61)64-36-45-43-26-14-12-24-41(43)42-25-13-15-27-44(42)45)49(59)62-35-40(23-16-17-29-52-50(60)63-34-38-21-10-7-11-22-38)53-48(58)39(18-4-2)32-47(57)55(30-31-56)33-37-19-8-6-9-20-37/h3-4,6-15,19-22,24-27,39-40,45-46,56H,1-2,5,16-18,23,28-36H2,(H,52,60)(H,53,58)(H,54,61)/t39-,40-,46-/m0/s1. The smallest absolute Gasteiger partial charge is 0.407 e. The number of unbranched alkanes of at least 4 members (excludes halogenated alkanes) is 1. The Bertz CT molecular complexity index is 2100. The molecule has 0 saturated carbocycles. The van der Waals surface area contributed by atoms with Crippen molar-refractivity contribution >= 4 is 30.0 Å². The van der Waals surface area contributed by atoms with Crippen molar-refractivity contribution in [1.29, 1.82) is 0 Å². The maximum atomic E-state index is 13.9. The lowest BCUT2D eigenvalue weighted by Gasteiger charge is -2.26. The van der Waals surface area contributed by atoms with Crippen molar-refractivity contribution in [3.8, 4) is 11.1 Å². The van der Waals surface area contributed by atoms with E-state index in [9.17, 15) is 29.1 Å². The summed E-state index contributed by atoms with van der Waals surface area (Å²) in [5.74, 6) is -2.41. The molecular formula is C51H60N4O9. The molecule has 64 heavy (non-hydrogen) atoms. The first-order valence-electron chi connectivity index (χ1n) is 21.9. The molecule has 0 bridgehead atoms. The first-order valence-corrected chi connectivity index (χ1v) is 21.9. The van der Waals surface area contributed by atoms with E-state index in [0.29, 0.717) is 32.2 Å². The van der Waals surface area contributed by atoms with Gasteiger partial charge in [-0.25, -0.2) is 14.4 Å². The van der Waals surface area contributed by atoms with Gasteiger partial charge < -0.3 is 40.2 Å². The molecule has 5 rings (SSSR count). The van der Waals surface area contributed by atoms with E-state index in [-0.39, 0.29) is 70.6 Å². The lowest BCUT2D eigenvalue weighted by molar-refractivity contribution is -0.147. The number of benzene rings is 4. The normalized spacial score (nSPS) is 12.9. The van der Waals surface area contributed by atoms with Gasteiger partial charge in [-0.2, -0.15) is 0 Å². The summed E-state index contributed by atoms with van der Waals surface area (Å²) in [4.78, 5) is 68.2. The maximum Gasteiger partial charge on any atom is 0.407 e. The van der Waals surface area contributed by atoms with E-state index in [1.807, 2.05) is 109 Å². The zero-order valence-corrected chi connectivity index (χ0v) is 36.3. The summed E-state index contributed by atoms with van der Waals surface area (Å²) in [5, 5.41) is 18.1. The maximum absolute atomic E-state index is 13.9. The summed E-state index contributed by atoms with van der Waals surface area (Å²) in [6, 6.07) is 32.9. The minimum atomic E-state index is -1.07. The van der Waals surface area contributed by atoms with Gasteiger partial charge in [0.25, 0.3) is 0 Å². The third-order valence-corrected chi connectivity index (χ3v) is 11.0. The third kappa shape index (κ3) is 15.0. The van der Waals surface area contributed by atoms with Gasteiger partial charge in [0, 0.05) is 32.0 Å². The number of hydrogen-bond acceptors (Lipinski definition) is 9. The molecule has 1 aliphatic carbocycles. The van der Waals surface area contributed by atoms with Gasteiger partial charge in [-0.1, -0.05) is 121 Å². The molecule has 4 amide bonds. The third-order valence-electron chi connectivity index (χ3n) is 11.0. The number of fused-ring (bicyclic) bond motifs is 3. The minimum Gasteiger partial charge on any atom is -0.462 e. The highest BCUT2D eigenvalue weighted by Gasteiger charge is 2.31. The van der Waals surface area contributed by atoms with Crippen molar-refractivity contribution in [2.75, 3.05) is 32.9 Å². The second kappa shape index (κ2) is 26.0. The molecule has 4 aromatic rings. The monoisotopic (exact) mass is 872 g/mol. The largest absolute Gasteiger partial charge is 0.462 e. The molecule has 0 unspecified atom stereocenters. The van der Waals surface area contributed by atoms with Crippen LogP contribution in [0.25, 0.3) is 11.1 Å². The van der Waals surface area contributed by atoms with E-state index in [4.69, 9.17) is 14.2 Å². The van der Waals surface area contributed by atoms with Gasteiger partial charge in [-0.3, -0.25) is 9.59 Å². The minimum absolute atomic E-state index is 0.0647. The molecule has 0 radical (unpaired) electrons. The Morgan fingerprint density at radius 1 is 0.719 bits per heavy atom. The number of nitrogens with zero attached hydrogens (tertiary/aromatic N) is 1. The zero-order valence-electron chi connectivity index (χ0n) is 36.3. The predicted molar refractivity (Wildman–Crippen MR) is 245 cm³/mol. The van der Waals surface area contributed by atoms with Gasteiger partial charge in [-0.05, 0) is 71.9 Å². The number of amides is 4. The number of aliphatic hydroxyl groups excluding tert-OH is 1. The molecule has 1 aliphatic rings. The Labute approximate surface area is 375 Å². The van der Waals surface area contributed by atoms with Crippen LogP contribution in [0.15, 0.2) is 135 Å². The van der Waals surface area contributed by atoms with Crippen LogP contribution in [0.3, 0.4) is 0 Å². The fraction of sp³-hybridized carbons (Fsp3) is 0.353. The van der Waals surface area contributed by atoms with Gasteiger partial charge in [-0.15, -0.1) is 13.2 Å². The number of nitrogens with one attached hydrogen (secondary N) is 3. The number of alkyl carbamates (subject to hydrolysis) is 2. The van der Waals surface area contributed by atoms with Crippen LogP contribution in [-0.4, -0.2) is 85.0 Å². The highest BCUT2D eigenvalue weighted by atomic mass is 16.6. The summed E-state index contributed by atoms with van der Waals surface area (Å²) in [6.07, 6.45) is 3.94. The molecule has 4 aromatic carbocycles. The number of ether oxygens (including phenoxy) is 3. The number of carbonyl (C=O) groups is 5. The molecule has 0 saturated heterocycles. The molecule has 0 fully saturated rings. The van der Waals surface area contributed by atoms with Gasteiger partial charge in [0.1, 0.15) is 25.9 Å². The Morgan fingerprint density at radius 3 is 2.00 bits per heavy atom. The van der Waals surface area contributed by atoms with Gasteiger partial charge in [0.2, 0.25) is 11.8 Å². The quantitative estimate of drug-likeness (QED) is 0.0215. The number of carbonyl (C=O) groups excluding carboxylic acids is 5. The van der Waals surface area contributed by atoms with Crippen LogP contribution in [-0.2, 0) is 41.7 Å². The Balaban J connectivity index is 1.20. The predicted octanol–water partition coefficient (Wildman–Crippen LogP) is 7.59. The summed E-state index contributed by atoms with van der Waals surface area (Å²) in [5.41, 5.74) is 6.04. The highest BCUT2D eigenvalue weighted by molar-refractivity contribution is 5.86. The molecule has 0 heterocycles. The second-order valence-electron chi connectivity index (χ2n) is 15.7. The average Bonchev–Trinajstić information content (AvgIpc) is 3.64.